The number of rotatable bonds is 9. The number of anilines is 1. The number of methoxy groups -OCH3 is 1. The van der Waals surface area contributed by atoms with Gasteiger partial charge >= 0.3 is 6.18 Å². The van der Waals surface area contributed by atoms with Crippen LogP contribution in [0.1, 0.15) is 47.0 Å². The Bertz CT molecular complexity index is 1500. The molecule has 11 nitrogen and oxygen atoms in total. The summed E-state index contributed by atoms with van der Waals surface area (Å²) in [6.45, 7) is 2.43. The molecule has 4 rings (SSSR count). The van der Waals surface area contributed by atoms with Crippen LogP contribution < -0.4 is 14.8 Å². The second-order valence-corrected chi connectivity index (χ2v) is 10.8. The number of fused-ring (bicyclic) bond motifs is 1. The van der Waals surface area contributed by atoms with Crippen LogP contribution >= 0.6 is 11.6 Å². The number of nitrogens with zero attached hydrogens (tertiary/aromatic N) is 5. The lowest BCUT2D eigenvalue weighted by Gasteiger charge is -2.23. The van der Waals surface area contributed by atoms with Gasteiger partial charge in [-0.3, -0.25) is 4.79 Å². The van der Waals surface area contributed by atoms with Crippen molar-refractivity contribution in [3.8, 4) is 5.75 Å². The van der Waals surface area contributed by atoms with E-state index in [-0.39, 0.29) is 35.5 Å². The number of amides is 1. The Morgan fingerprint density at radius 2 is 1.95 bits per heavy atom. The first-order valence-corrected chi connectivity index (χ1v) is 13.6. The molecule has 0 fully saturated rings. The van der Waals surface area contributed by atoms with E-state index in [2.05, 4.69) is 25.2 Å². The topological polar surface area (TPSA) is 131 Å². The quantitative estimate of drug-likeness (QED) is 0.389. The summed E-state index contributed by atoms with van der Waals surface area (Å²) in [5, 5.41) is 10.7. The van der Waals surface area contributed by atoms with Gasteiger partial charge in [-0.1, -0.05) is 24.6 Å². The van der Waals surface area contributed by atoms with E-state index in [0.717, 1.165) is 0 Å². The predicted molar refractivity (Wildman–Crippen MR) is 135 cm³/mol. The van der Waals surface area contributed by atoms with Gasteiger partial charge in [0.2, 0.25) is 15.8 Å². The lowest BCUT2D eigenvalue weighted by Crippen LogP contribution is -2.38. The third kappa shape index (κ3) is 5.94. The Labute approximate surface area is 227 Å². The predicted octanol–water partition coefficient (Wildman–Crippen LogP) is 3.48. The Morgan fingerprint density at radius 1 is 1.21 bits per heavy atom. The van der Waals surface area contributed by atoms with Crippen LogP contribution in [0.5, 0.6) is 5.75 Å². The van der Waals surface area contributed by atoms with Crippen molar-refractivity contribution in [3.05, 3.63) is 58.3 Å². The van der Waals surface area contributed by atoms with Gasteiger partial charge in [0.05, 0.1) is 24.2 Å². The average molecular weight is 588 g/mol. The summed E-state index contributed by atoms with van der Waals surface area (Å²) >= 11 is 6.14. The van der Waals surface area contributed by atoms with E-state index in [1.54, 1.807) is 30.7 Å². The highest BCUT2D eigenvalue weighted by Gasteiger charge is 2.39. The van der Waals surface area contributed by atoms with E-state index in [1.165, 1.54) is 18.1 Å². The number of hydrogen-bond donors (Lipinski definition) is 2. The smallest absolute Gasteiger partial charge is 0.417 e. The van der Waals surface area contributed by atoms with Crippen LogP contribution in [0.2, 0.25) is 5.02 Å². The van der Waals surface area contributed by atoms with Crippen LogP contribution in [0.3, 0.4) is 0 Å². The van der Waals surface area contributed by atoms with Crippen molar-refractivity contribution in [3.63, 3.8) is 0 Å². The van der Waals surface area contributed by atoms with Crippen LogP contribution in [0.4, 0.5) is 19.0 Å². The number of sulfonamides is 1. The molecule has 1 aliphatic heterocycles. The lowest BCUT2D eigenvalue weighted by molar-refractivity contribution is -0.139. The van der Waals surface area contributed by atoms with Crippen LogP contribution in [0, 0.1) is 0 Å². The van der Waals surface area contributed by atoms with Gasteiger partial charge in [-0.2, -0.15) is 13.2 Å². The van der Waals surface area contributed by atoms with Crippen LogP contribution in [-0.2, 0) is 29.3 Å². The van der Waals surface area contributed by atoms with Crippen molar-refractivity contribution < 1.29 is 31.1 Å². The van der Waals surface area contributed by atoms with E-state index in [0.29, 0.717) is 42.5 Å². The Morgan fingerprint density at radius 3 is 2.59 bits per heavy atom. The molecule has 3 aromatic rings. The Balaban J connectivity index is 1.59. The normalized spacial score (nSPS) is 14.7. The average Bonchev–Trinajstić information content (AvgIpc) is 3.31. The van der Waals surface area contributed by atoms with Crippen LogP contribution in [0.25, 0.3) is 0 Å². The number of carbonyl (C=O) groups is 1. The molecular formula is C23H25ClF3N7O4S. The summed E-state index contributed by atoms with van der Waals surface area (Å²) in [4.78, 5) is 16.6. The first-order chi connectivity index (χ1) is 18.4. The second-order valence-electron chi connectivity index (χ2n) is 8.71. The number of ether oxygens (including phenoxy) is 1. The number of likely N-dealkylation sites (N-methyl/N-ethyl adjacent to an activating group) is 1. The van der Waals surface area contributed by atoms with Gasteiger partial charge in [0, 0.05) is 32.4 Å². The fourth-order valence-corrected chi connectivity index (χ4v) is 5.79. The highest BCUT2D eigenvalue weighted by molar-refractivity contribution is 7.89. The number of aromatic nitrogens is 4. The fourth-order valence-electron chi connectivity index (χ4n) is 4.06. The molecule has 3 heterocycles. The van der Waals surface area contributed by atoms with Gasteiger partial charge in [-0.25, -0.2) is 18.1 Å². The fraction of sp³-hybridized carbons (Fsp3) is 0.391. The van der Waals surface area contributed by atoms with Crippen molar-refractivity contribution in [2.75, 3.05) is 26.0 Å². The van der Waals surface area contributed by atoms with Crippen molar-refractivity contribution in [1.29, 1.82) is 0 Å². The van der Waals surface area contributed by atoms with Gasteiger partial charge in [-0.05, 0) is 30.2 Å². The molecule has 0 spiro atoms. The zero-order valence-corrected chi connectivity index (χ0v) is 22.7. The molecule has 0 radical (unpaired) electrons. The molecule has 39 heavy (non-hydrogen) atoms. The minimum Gasteiger partial charge on any atom is -0.495 e. The van der Waals surface area contributed by atoms with E-state index in [1.807, 2.05) is 0 Å². The first-order valence-electron chi connectivity index (χ1n) is 11.7. The number of halogens is 4. The molecule has 210 valence electrons. The molecule has 0 saturated heterocycles. The van der Waals surface area contributed by atoms with Gasteiger partial charge in [-0.15, -0.1) is 10.2 Å². The summed E-state index contributed by atoms with van der Waals surface area (Å²) in [6.07, 6.45) is -4.12. The van der Waals surface area contributed by atoms with Gasteiger partial charge in [0.25, 0.3) is 5.91 Å². The maximum Gasteiger partial charge on any atom is 0.417 e. The zero-order valence-electron chi connectivity index (χ0n) is 21.1. The van der Waals surface area contributed by atoms with E-state index < -0.39 is 32.7 Å². The monoisotopic (exact) mass is 587 g/mol. The molecule has 1 atom stereocenters. The molecule has 0 saturated carbocycles. The van der Waals surface area contributed by atoms with E-state index in [9.17, 15) is 26.4 Å². The molecule has 16 heteroatoms. The van der Waals surface area contributed by atoms with Gasteiger partial charge in [0.15, 0.2) is 5.82 Å². The van der Waals surface area contributed by atoms with Gasteiger partial charge in [0.1, 0.15) is 16.5 Å². The van der Waals surface area contributed by atoms with E-state index >= 15 is 0 Å². The SMILES string of the molecule is CCC(NS(=O)(=O)c1cnc(NCc2nnc3n2CCN(C)C3=O)cc1C(F)(F)F)c1ccc(OC)c(Cl)c1. The minimum atomic E-state index is -5.00. The lowest BCUT2D eigenvalue weighted by atomic mass is 10.1. The number of nitrogens with one attached hydrogen (secondary N) is 2. The molecule has 0 aliphatic carbocycles. The second kappa shape index (κ2) is 11.0. The molecule has 2 aromatic heterocycles. The number of hydrogen-bond acceptors (Lipinski definition) is 8. The van der Waals surface area contributed by atoms with Crippen molar-refractivity contribution in [1.82, 2.24) is 29.4 Å². The molecule has 1 amide bonds. The number of pyridine rings is 1. The van der Waals surface area contributed by atoms with Crippen molar-refractivity contribution in [2.45, 2.75) is 43.5 Å². The Hall–Kier alpha value is -3.43. The maximum absolute atomic E-state index is 14.0. The molecule has 1 aliphatic rings. The zero-order chi connectivity index (χ0) is 28.5. The molecular weight excluding hydrogens is 563 g/mol. The van der Waals surface area contributed by atoms with Crippen molar-refractivity contribution in [2.24, 2.45) is 0 Å². The third-order valence-electron chi connectivity index (χ3n) is 6.20. The van der Waals surface area contributed by atoms with E-state index in [4.69, 9.17) is 16.3 Å². The number of benzene rings is 1. The molecule has 0 bridgehead atoms. The van der Waals surface area contributed by atoms with Crippen LogP contribution in [-0.4, -0.2) is 59.7 Å². The molecule has 2 N–H and O–H groups in total. The van der Waals surface area contributed by atoms with Crippen LogP contribution in [0.15, 0.2) is 35.4 Å². The molecule has 1 unspecified atom stereocenters. The summed E-state index contributed by atoms with van der Waals surface area (Å²) in [6, 6.07) is 4.36. The summed E-state index contributed by atoms with van der Waals surface area (Å²) in [5.41, 5.74) is -0.941. The number of carbonyl (C=O) groups excluding carboxylic acids is 1. The standard InChI is InChI=1S/C23H25ClF3N7O4S/c1-4-16(13-5-6-17(38-3)15(24)9-13)32-39(36,37)18-11-28-19(10-14(18)23(25,26)27)29-12-20-30-31-21-22(35)33(2)7-8-34(20)21/h5-6,9-11,16,32H,4,7-8,12H2,1-3H3,(H,28,29). The Kier molecular flexibility index (Phi) is 8.04. The highest BCUT2D eigenvalue weighted by Crippen LogP contribution is 2.36. The highest BCUT2D eigenvalue weighted by atomic mass is 35.5. The van der Waals surface area contributed by atoms with Gasteiger partial charge < -0.3 is 19.5 Å². The number of alkyl halides is 3. The van der Waals surface area contributed by atoms with Crippen molar-refractivity contribution >= 4 is 33.3 Å². The third-order valence-corrected chi connectivity index (χ3v) is 7.99. The summed E-state index contributed by atoms with van der Waals surface area (Å²) in [7, 11) is -1.62. The minimum absolute atomic E-state index is 0.0885. The largest absolute Gasteiger partial charge is 0.495 e. The maximum atomic E-state index is 14.0. The molecule has 1 aromatic carbocycles. The first kappa shape index (κ1) is 28.6. The summed E-state index contributed by atoms with van der Waals surface area (Å²) in [5.74, 6) is 0.272. The summed E-state index contributed by atoms with van der Waals surface area (Å²) < 4.78 is 77.3.